The molecule has 1 aliphatic heterocycles. The monoisotopic (exact) mass is 303 g/mol. The molecule has 5 atom stereocenters. The van der Waals surface area contributed by atoms with Crippen molar-refractivity contribution in [2.75, 3.05) is 11.9 Å². The molecular formula is C11H17N3O7. The molecule has 1 aromatic rings. The molecule has 0 aliphatic carbocycles. The van der Waals surface area contributed by atoms with Crippen molar-refractivity contribution in [3.8, 4) is 0 Å². The molecule has 0 spiro atoms. The molecule has 1 saturated heterocycles. The lowest BCUT2D eigenvalue weighted by atomic mass is 9.98. The van der Waals surface area contributed by atoms with Gasteiger partial charge in [-0.05, 0) is 6.07 Å². The van der Waals surface area contributed by atoms with Crippen LogP contribution >= 0.6 is 0 Å². The van der Waals surface area contributed by atoms with Crippen LogP contribution in [0.15, 0.2) is 17.1 Å². The highest BCUT2D eigenvalue weighted by molar-refractivity contribution is 5.33. The fraction of sp³-hybridized carbons (Fsp3) is 0.636. The van der Waals surface area contributed by atoms with Gasteiger partial charge in [0.2, 0.25) is 0 Å². The highest BCUT2D eigenvalue weighted by Gasteiger charge is 2.43. The van der Waals surface area contributed by atoms with Gasteiger partial charge in [0.05, 0.1) is 6.61 Å². The maximum Gasteiger partial charge on any atom is 0.351 e. The summed E-state index contributed by atoms with van der Waals surface area (Å²) >= 11 is 0. The Bertz CT molecular complexity index is 535. The third-order valence-corrected chi connectivity index (χ3v) is 3.21. The first kappa shape index (κ1) is 15.8. The van der Waals surface area contributed by atoms with Crippen molar-refractivity contribution < 1.29 is 30.3 Å². The van der Waals surface area contributed by atoms with Crippen LogP contribution in [0.4, 0.5) is 5.82 Å². The molecule has 21 heavy (non-hydrogen) atoms. The molecule has 1 fully saturated rings. The van der Waals surface area contributed by atoms with Crippen LogP contribution in [0.5, 0.6) is 0 Å². The summed E-state index contributed by atoms with van der Waals surface area (Å²) in [6, 6.07) is 1.36. The van der Waals surface area contributed by atoms with Crippen molar-refractivity contribution in [1.82, 2.24) is 9.55 Å². The van der Waals surface area contributed by atoms with E-state index >= 15 is 0 Å². The molecule has 0 amide bonds. The van der Waals surface area contributed by atoms with Gasteiger partial charge in [0.25, 0.3) is 0 Å². The van der Waals surface area contributed by atoms with Gasteiger partial charge in [0, 0.05) is 6.20 Å². The second-order valence-corrected chi connectivity index (χ2v) is 4.60. The number of anilines is 1. The van der Waals surface area contributed by atoms with E-state index in [2.05, 4.69) is 10.3 Å². The van der Waals surface area contributed by atoms with Crippen LogP contribution in [0.25, 0.3) is 0 Å². The van der Waals surface area contributed by atoms with Crippen molar-refractivity contribution in [1.29, 1.82) is 0 Å². The van der Waals surface area contributed by atoms with Gasteiger partial charge in [0.1, 0.15) is 37.0 Å². The van der Waals surface area contributed by atoms with Crippen LogP contribution in [-0.4, -0.2) is 72.3 Å². The fourth-order valence-electron chi connectivity index (χ4n) is 1.98. The maximum absolute atomic E-state index is 11.5. The first-order chi connectivity index (χ1) is 9.97. The maximum atomic E-state index is 11.5. The number of aliphatic hydroxyl groups excluding tert-OH is 5. The molecule has 2 heterocycles. The van der Waals surface area contributed by atoms with Gasteiger partial charge in [-0.3, -0.25) is 4.57 Å². The molecule has 0 aromatic carbocycles. The van der Waals surface area contributed by atoms with E-state index in [9.17, 15) is 20.1 Å². The van der Waals surface area contributed by atoms with Gasteiger partial charge >= 0.3 is 5.69 Å². The SMILES string of the molecule is O=c1nc(N[C@H]2O[C@H](CO)[C@@H](O)[C@H](O)[C@H]2O)ccn1CO. The van der Waals surface area contributed by atoms with Crippen molar-refractivity contribution in [3.05, 3.63) is 22.7 Å². The first-order valence-electron chi connectivity index (χ1n) is 6.23. The summed E-state index contributed by atoms with van der Waals surface area (Å²) in [6.45, 7) is -1.07. The van der Waals surface area contributed by atoms with E-state index in [1.54, 1.807) is 0 Å². The zero-order valence-corrected chi connectivity index (χ0v) is 10.9. The van der Waals surface area contributed by atoms with Crippen molar-refractivity contribution >= 4 is 5.82 Å². The molecule has 0 saturated carbocycles. The Morgan fingerprint density at radius 2 is 1.95 bits per heavy atom. The standard InChI is InChI=1S/C11H17N3O7/c15-3-5-7(17)8(18)9(19)10(21-5)12-6-1-2-14(4-16)11(20)13-6/h1-2,5,7-10,15-19H,3-4H2,(H,12,13,20)/t5-,7-,8+,9-,10+/m1/s1. The smallest absolute Gasteiger partial charge is 0.351 e. The van der Waals surface area contributed by atoms with Crippen LogP contribution in [0.3, 0.4) is 0 Å². The minimum absolute atomic E-state index is 0.0500. The number of ether oxygens (including phenoxy) is 1. The Kier molecular flexibility index (Phi) is 4.88. The van der Waals surface area contributed by atoms with Gasteiger partial charge in [-0.25, -0.2) is 4.79 Å². The number of hydrogen-bond donors (Lipinski definition) is 6. The summed E-state index contributed by atoms with van der Waals surface area (Å²) in [6.07, 6.45) is -5.41. The molecule has 118 valence electrons. The Balaban J connectivity index is 2.14. The summed E-state index contributed by atoms with van der Waals surface area (Å²) in [7, 11) is 0. The highest BCUT2D eigenvalue weighted by Crippen LogP contribution is 2.21. The number of aromatic nitrogens is 2. The van der Waals surface area contributed by atoms with Gasteiger partial charge < -0.3 is 35.6 Å². The predicted octanol–water partition coefficient (Wildman–Crippen LogP) is -3.60. The third kappa shape index (κ3) is 3.20. The Hall–Kier alpha value is -1.56. The summed E-state index contributed by atoms with van der Waals surface area (Å²) in [5.41, 5.74) is -0.716. The van der Waals surface area contributed by atoms with Gasteiger partial charge in [-0.1, -0.05) is 0 Å². The third-order valence-electron chi connectivity index (χ3n) is 3.21. The fourth-order valence-corrected chi connectivity index (χ4v) is 1.98. The van der Waals surface area contributed by atoms with Crippen LogP contribution in [0, 0.1) is 0 Å². The van der Waals surface area contributed by atoms with Crippen molar-refractivity contribution in [2.24, 2.45) is 0 Å². The Morgan fingerprint density at radius 3 is 2.52 bits per heavy atom. The zero-order chi connectivity index (χ0) is 15.6. The van der Waals surface area contributed by atoms with E-state index in [-0.39, 0.29) is 5.82 Å². The van der Waals surface area contributed by atoms with E-state index in [0.717, 1.165) is 4.57 Å². The lowest BCUT2D eigenvalue weighted by molar-refractivity contribution is -0.221. The predicted molar refractivity (Wildman–Crippen MR) is 68.1 cm³/mol. The molecule has 2 rings (SSSR count). The minimum atomic E-state index is -1.52. The Morgan fingerprint density at radius 1 is 1.24 bits per heavy atom. The summed E-state index contributed by atoms with van der Waals surface area (Å²) < 4.78 is 6.15. The number of rotatable bonds is 4. The molecule has 10 heteroatoms. The average Bonchev–Trinajstić information content (AvgIpc) is 2.48. The second kappa shape index (κ2) is 6.47. The lowest BCUT2D eigenvalue weighted by Gasteiger charge is -2.40. The van der Waals surface area contributed by atoms with Gasteiger partial charge in [-0.2, -0.15) is 4.98 Å². The topological polar surface area (TPSA) is 157 Å². The normalized spacial score (nSPS) is 32.9. The van der Waals surface area contributed by atoms with Crippen LogP contribution < -0.4 is 11.0 Å². The van der Waals surface area contributed by atoms with Crippen LogP contribution in [-0.2, 0) is 11.5 Å². The molecular weight excluding hydrogens is 286 g/mol. The van der Waals surface area contributed by atoms with Gasteiger partial charge in [-0.15, -0.1) is 0 Å². The molecule has 6 N–H and O–H groups in total. The summed E-state index contributed by atoms with van der Waals surface area (Å²) in [5, 5.41) is 49.6. The molecule has 1 aliphatic rings. The largest absolute Gasteiger partial charge is 0.394 e. The molecule has 0 unspecified atom stereocenters. The van der Waals surface area contributed by atoms with E-state index in [1.807, 2.05) is 0 Å². The zero-order valence-electron chi connectivity index (χ0n) is 10.9. The molecule has 1 aromatic heterocycles. The number of nitrogens with one attached hydrogen (secondary N) is 1. The molecule has 0 radical (unpaired) electrons. The van der Waals surface area contributed by atoms with E-state index in [1.165, 1.54) is 12.3 Å². The van der Waals surface area contributed by atoms with Crippen LogP contribution in [0.2, 0.25) is 0 Å². The second-order valence-electron chi connectivity index (χ2n) is 4.60. The van der Waals surface area contributed by atoms with E-state index in [0.29, 0.717) is 0 Å². The number of hydrogen-bond acceptors (Lipinski definition) is 9. The summed E-state index contributed by atoms with van der Waals surface area (Å²) in [4.78, 5) is 15.1. The first-order valence-corrected chi connectivity index (χ1v) is 6.23. The van der Waals surface area contributed by atoms with Gasteiger partial charge in [0.15, 0.2) is 6.23 Å². The van der Waals surface area contributed by atoms with E-state index in [4.69, 9.17) is 14.9 Å². The Labute approximate surface area is 118 Å². The lowest BCUT2D eigenvalue weighted by Crippen LogP contribution is -2.60. The quantitative estimate of drug-likeness (QED) is 0.330. The average molecular weight is 303 g/mol. The van der Waals surface area contributed by atoms with Crippen LogP contribution in [0.1, 0.15) is 0 Å². The summed E-state index contributed by atoms with van der Waals surface area (Å²) in [5.74, 6) is 0.0500. The van der Waals surface area contributed by atoms with Crippen molar-refractivity contribution in [2.45, 2.75) is 37.4 Å². The minimum Gasteiger partial charge on any atom is -0.394 e. The highest BCUT2D eigenvalue weighted by atomic mass is 16.6. The van der Waals surface area contributed by atoms with E-state index < -0.39 is 49.7 Å². The number of aliphatic hydroxyl groups is 5. The molecule has 10 nitrogen and oxygen atoms in total. The molecule has 0 bridgehead atoms. The number of nitrogens with zero attached hydrogens (tertiary/aromatic N) is 2. The van der Waals surface area contributed by atoms with Crippen molar-refractivity contribution in [3.63, 3.8) is 0 Å².